The second-order valence-corrected chi connectivity index (χ2v) is 6.77. The van der Waals surface area contributed by atoms with Crippen LogP contribution in [-0.4, -0.2) is 66.9 Å². The molecule has 3 heterocycles. The van der Waals surface area contributed by atoms with Crippen LogP contribution >= 0.6 is 0 Å². The molecule has 1 aromatic carbocycles. The summed E-state index contributed by atoms with van der Waals surface area (Å²) in [6.45, 7) is 2.79. The van der Waals surface area contributed by atoms with E-state index in [9.17, 15) is 9.90 Å². The summed E-state index contributed by atoms with van der Waals surface area (Å²) in [5.41, 5.74) is 0.833. The van der Waals surface area contributed by atoms with Crippen LogP contribution in [0.2, 0.25) is 0 Å². The van der Waals surface area contributed by atoms with Gasteiger partial charge in [0.2, 0.25) is 11.9 Å². The van der Waals surface area contributed by atoms with E-state index >= 15 is 0 Å². The van der Waals surface area contributed by atoms with E-state index in [4.69, 9.17) is 4.74 Å². The quantitative estimate of drug-likeness (QED) is 0.858. The second kappa shape index (κ2) is 7.40. The van der Waals surface area contributed by atoms with E-state index in [0.29, 0.717) is 25.6 Å². The second-order valence-electron chi connectivity index (χ2n) is 6.77. The number of aromatic nitrogens is 2. The monoisotopic (exact) mass is 369 g/mol. The van der Waals surface area contributed by atoms with Crippen LogP contribution in [0, 0.1) is 0 Å². The molecule has 0 radical (unpaired) electrons. The molecular weight excluding hydrogens is 346 g/mol. The van der Waals surface area contributed by atoms with E-state index in [1.807, 2.05) is 40.1 Å². The zero-order chi connectivity index (χ0) is 18.8. The summed E-state index contributed by atoms with van der Waals surface area (Å²) >= 11 is 0. The fourth-order valence-corrected chi connectivity index (χ4v) is 3.51. The summed E-state index contributed by atoms with van der Waals surface area (Å²) in [5, 5.41) is 9.73. The van der Waals surface area contributed by atoms with Gasteiger partial charge in [0, 0.05) is 44.1 Å². The molecule has 1 unspecified atom stereocenters. The molecule has 8 heteroatoms. The highest BCUT2D eigenvalue weighted by molar-refractivity contribution is 5.97. The molecule has 2 aromatic rings. The molecule has 2 aliphatic rings. The summed E-state index contributed by atoms with van der Waals surface area (Å²) in [5.74, 6) is 2.07. The molecule has 4 rings (SSSR count). The normalized spacial score (nSPS) is 20.3. The number of amides is 1. The topological polar surface area (TPSA) is 82.0 Å². The summed E-state index contributed by atoms with van der Waals surface area (Å²) in [6.07, 6.45) is 2.15. The first-order valence-electron chi connectivity index (χ1n) is 9.09. The number of benzene rings is 1. The Labute approximate surface area is 158 Å². The number of piperazine rings is 1. The molecule has 1 aromatic heterocycles. The van der Waals surface area contributed by atoms with Crippen molar-refractivity contribution in [2.24, 2.45) is 0 Å². The maximum Gasteiger partial charge on any atom is 0.246 e. The minimum atomic E-state index is -0.309. The number of methoxy groups -OCH3 is 1. The first-order valence-corrected chi connectivity index (χ1v) is 9.09. The molecule has 0 aliphatic carbocycles. The summed E-state index contributed by atoms with van der Waals surface area (Å²) in [4.78, 5) is 27.4. The van der Waals surface area contributed by atoms with Crippen LogP contribution in [0.5, 0.6) is 5.75 Å². The van der Waals surface area contributed by atoms with Crippen molar-refractivity contribution in [3.05, 3.63) is 36.5 Å². The van der Waals surface area contributed by atoms with Gasteiger partial charge in [0.15, 0.2) is 0 Å². The first kappa shape index (κ1) is 17.5. The number of aliphatic hydroxyl groups excluding tert-OH is 1. The number of nitrogens with zero attached hydrogens (tertiary/aromatic N) is 5. The summed E-state index contributed by atoms with van der Waals surface area (Å²) < 4.78 is 5.25. The predicted octanol–water partition coefficient (Wildman–Crippen LogP) is 0.909. The number of rotatable bonds is 4. The van der Waals surface area contributed by atoms with Gasteiger partial charge < -0.3 is 24.5 Å². The zero-order valence-corrected chi connectivity index (χ0v) is 15.3. The van der Waals surface area contributed by atoms with Crippen LogP contribution in [-0.2, 0) is 4.79 Å². The highest BCUT2D eigenvalue weighted by Crippen LogP contribution is 2.25. The van der Waals surface area contributed by atoms with Gasteiger partial charge in [-0.05, 0) is 24.6 Å². The Kier molecular flexibility index (Phi) is 4.81. The molecule has 0 bridgehead atoms. The minimum absolute atomic E-state index is 0.0000934. The van der Waals surface area contributed by atoms with E-state index in [0.717, 1.165) is 30.2 Å². The third-order valence-corrected chi connectivity index (χ3v) is 4.98. The zero-order valence-electron chi connectivity index (χ0n) is 15.3. The van der Waals surface area contributed by atoms with Gasteiger partial charge in [-0.25, -0.2) is 4.98 Å². The lowest BCUT2D eigenvalue weighted by atomic mass is 10.2. The number of anilines is 3. The maximum atomic E-state index is 12.7. The van der Waals surface area contributed by atoms with Gasteiger partial charge in [-0.2, -0.15) is 4.98 Å². The van der Waals surface area contributed by atoms with Crippen LogP contribution in [0.3, 0.4) is 0 Å². The van der Waals surface area contributed by atoms with Crippen molar-refractivity contribution in [2.45, 2.75) is 12.5 Å². The van der Waals surface area contributed by atoms with Gasteiger partial charge in [0.05, 0.1) is 13.2 Å². The molecular formula is C19H23N5O3. The first-order chi connectivity index (χ1) is 13.1. The highest BCUT2D eigenvalue weighted by Gasteiger charge is 2.28. The lowest BCUT2D eigenvalue weighted by molar-refractivity contribution is -0.117. The molecule has 8 nitrogen and oxygen atoms in total. The molecule has 2 aliphatic heterocycles. The van der Waals surface area contributed by atoms with Crippen molar-refractivity contribution in [3.63, 3.8) is 0 Å². The Morgan fingerprint density at radius 2 is 2.07 bits per heavy atom. The van der Waals surface area contributed by atoms with Crippen LogP contribution in [0.25, 0.3) is 0 Å². The Hall–Kier alpha value is -2.87. The Bertz CT molecular complexity index is 830. The van der Waals surface area contributed by atoms with Crippen molar-refractivity contribution in [3.8, 4) is 5.75 Å². The number of hydrogen-bond acceptors (Lipinski definition) is 7. The molecule has 142 valence electrons. The average molecular weight is 369 g/mol. The van der Waals surface area contributed by atoms with E-state index < -0.39 is 0 Å². The lowest BCUT2D eigenvalue weighted by Crippen LogP contribution is -2.51. The standard InChI is InChI=1S/C19H23N5O3/c1-27-16-4-2-3-14(11-16)24-10-9-23(13-18(24)26)19-20-7-5-17(21-19)22-8-6-15(25)12-22/h2-5,7,11,15,25H,6,8-10,12-13H2,1H3. The van der Waals surface area contributed by atoms with Gasteiger partial charge in [-0.3, -0.25) is 4.79 Å². The van der Waals surface area contributed by atoms with E-state index in [1.54, 1.807) is 18.2 Å². The van der Waals surface area contributed by atoms with Gasteiger partial charge in [0.25, 0.3) is 0 Å². The number of carbonyl (C=O) groups is 1. The molecule has 2 fully saturated rings. The van der Waals surface area contributed by atoms with Crippen molar-refractivity contribution in [2.75, 3.05) is 54.5 Å². The number of aliphatic hydroxyl groups is 1. The average Bonchev–Trinajstić information content (AvgIpc) is 3.14. The number of ether oxygens (including phenoxy) is 1. The molecule has 0 saturated carbocycles. The Balaban J connectivity index is 1.47. The van der Waals surface area contributed by atoms with Crippen molar-refractivity contribution in [1.82, 2.24) is 9.97 Å². The number of carbonyl (C=O) groups excluding carboxylic acids is 1. The van der Waals surface area contributed by atoms with Crippen LogP contribution in [0.1, 0.15) is 6.42 Å². The molecule has 27 heavy (non-hydrogen) atoms. The lowest BCUT2D eigenvalue weighted by Gasteiger charge is -2.34. The van der Waals surface area contributed by atoms with Gasteiger partial charge in [-0.1, -0.05) is 6.07 Å². The number of β-amino-alcohol motifs (C(OH)–C–C–N with tert-alkyl or cyclic N) is 1. The molecule has 1 amide bonds. The number of hydrogen-bond donors (Lipinski definition) is 1. The van der Waals surface area contributed by atoms with E-state index in [1.165, 1.54) is 0 Å². The van der Waals surface area contributed by atoms with E-state index in [-0.39, 0.29) is 18.6 Å². The van der Waals surface area contributed by atoms with Crippen molar-refractivity contribution in [1.29, 1.82) is 0 Å². The maximum absolute atomic E-state index is 12.7. The van der Waals surface area contributed by atoms with Gasteiger partial charge in [0.1, 0.15) is 18.1 Å². The summed E-state index contributed by atoms with van der Waals surface area (Å²) in [6, 6.07) is 9.36. The highest BCUT2D eigenvalue weighted by atomic mass is 16.5. The fraction of sp³-hybridized carbons (Fsp3) is 0.421. The minimum Gasteiger partial charge on any atom is -0.497 e. The predicted molar refractivity (Wildman–Crippen MR) is 102 cm³/mol. The molecule has 0 spiro atoms. The summed E-state index contributed by atoms with van der Waals surface area (Å²) in [7, 11) is 1.61. The third-order valence-electron chi connectivity index (χ3n) is 4.98. The van der Waals surface area contributed by atoms with E-state index in [2.05, 4.69) is 9.97 Å². The molecule has 1 N–H and O–H groups in total. The SMILES string of the molecule is COc1cccc(N2CCN(c3nccc(N4CCC(O)C4)n3)CC2=O)c1. The smallest absolute Gasteiger partial charge is 0.246 e. The Morgan fingerprint density at radius 3 is 2.81 bits per heavy atom. The van der Waals surface area contributed by atoms with Crippen molar-refractivity contribution >= 4 is 23.4 Å². The van der Waals surface area contributed by atoms with Crippen molar-refractivity contribution < 1.29 is 14.6 Å². The Morgan fingerprint density at radius 1 is 1.19 bits per heavy atom. The van der Waals surface area contributed by atoms with Gasteiger partial charge in [-0.15, -0.1) is 0 Å². The van der Waals surface area contributed by atoms with Crippen LogP contribution in [0.4, 0.5) is 17.5 Å². The largest absolute Gasteiger partial charge is 0.497 e. The third kappa shape index (κ3) is 3.66. The van der Waals surface area contributed by atoms with Crippen LogP contribution in [0.15, 0.2) is 36.5 Å². The molecule has 1 atom stereocenters. The molecule has 2 saturated heterocycles. The fourth-order valence-electron chi connectivity index (χ4n) is 3.51. The van der Waals surface area contributed by atoms with Gasteiger partial charge >= 0.3 is 0 Å². The van der Waals surface area contributed by atoms with Crippen LogP contribution < -0.4 is 19.4 Å².